The Balaban J connectivity index is 1.52. The van der Waals surface area contributed by atoms with Crippen LogP contribution in [0.15, 0.2) is 72.9 Å². The fourth-order valence-electron chi connectivity index (χ4n) is 3.96. The SMILES string of the molecule is COCc1cc(OCC2(c3ccccc3)CC2C(=O)Nc2ccccn2)ccc1OC. The second kappa shape index (κ2) is 9.18. The molecule has 1 aromatic heterocycles. The van der Waals surface area contributed by atoms with Gasteiger partial charge in [0, 0.05) is 24.3 Å². The van der Waals surface area contributed by atoms with Crippen molar-refractivity contribution >= 4 is 11.7 Å². The molecule has 1 heterocycles. The molecule has 1 aliphatic rings. The number of pyridine rings is 1. The Hall–Kier alpha value is -3.38. The van der Waals surface area contributed by atoms with Crippen molar-refractivity contribution in [2.45, 2.75) is 18.4 Å². The largest absolute Gasteiger partial charge is 0.496 e. The number of amides is 1. The molecule has 2 atom stereocenters. The summed E-state index contributed by atoms with van der Waals surface area (Å²) < 4.78 is 16.9. The van der Waals surface area contributed by atoms with Crippen molar-refractivity contribution in [3.63, 3.8) is 0 Å². The summed E-state index contributed by atoms with van der Waals surface area (Å²) in [5.41, 5.74) is 1.64. The highest BCUT2D eigenvalue weighted by Crippen LogP contribution is 2.55. The molecule has 0 saturated heterocycles. The number of ether oxygens (including phenoxy) is 3. The summed E-state index contributed by atoms with van der Waals surface area (Å²) in [5, 5.41) is 2.93. The minimum atomic E-state index is -0.374. The van der Waals surface area contributed by atoms with E-state index in [1.807, 2.05) is 48.5 Å². The number of nitrogens with one attached hydrogen (secondary N) is 1. The van der Waals surface area contributed by atoms with Crippen LogP contribution in [0.25, 0.3) is 0 Å². The van der Waals surface area contributed by atoms with E-state index in [1.165, 1.54) is 0 Å². The molecular formula is C25H26N2O4. The first-order valence-corrected chi connectivity index (χ1v) is 10.2. The molecule has 31 heavy (non-hydrogen) atoms. The fourth-order valence-corrected chi connectivity index (χ4v) is 3.96. The van der Waals surface area contributed by atoms with E-state index in [0.29, 0.717) is 19.0 Å². The summed E-state index contributed by atoms with van der Waals surface area (Å²) in [6.07, 6.45) is 2.38. The van der Waals surface area contributed by atoms with Gasteiger partial charge in [-0.15, -0.1) is 0 Å². The zero-order valence-electron chi connectivity index (χ0n) is 17.7. The number of benzene rings is 2. The van der Waals surface area contributed by atoms with Crippen LogP contribution in [-0.2, 0) is 21.6 Å². The molecule has 1 aliphatic carbocycles. The highest BCUT2D eigenvalue weighted by Gasteiger charge is 2.60. The summed E-state index contributed by atoms with van der Waals surface area (Å²) in [7, 11) is 3.28. The van der Waals surface area contributed by atoms with Crippen molar-refractivity contribution in [3.8, 4) is 11.5 Å². The molecule has 3 aromatic rings. The molecule has 4 rings (SSSR count). The number of nitrogens with zero attached hydrogens (tertiary/aromatic N) is 1. The Morgan fingerprint density at radius 2 is 1.90 bits per heavy atom. The fraction of sp³-hybridized carbons (Fsp3) is 0.280. The third-order valence-electron chi connectivity index (χ3n) is 5.70. The Bertz CT molecular complexity index is 1030. The van der Waals surface area contributed by atoms with E-state index in [4.69, 9.17) is 14.2 Å². The summed E-state index contributed by atoms with van der Waals surface area (Å²) in [4.78, 5) is 17.2. The van der Waals surface area contributed by atoms with Crippen LogP contribution < -0.4 is 14.8 Å². The van der Waals surface area contributed by atoms with Crippen LogP contribution in [0.4, 0.5) is 5.82 Å². The van der Waals surface area contributed by atoms with Crippen molar-refractivity contribution in [2.24, 2.45) is 5.92 Å². The van der Waals surface area contributed by atoms with Crippen molar-refractivity contribution in [2.75, 3.05) is 26.1 Å². The standard InChI is InChI=1S/C25H26N2O4/c1-29-16-18-14-20(11-12-22(18)30-2)31-17-25(19-8-4-3-5-9-19)15-21(25)24(28)27-23-10-6-7-13-26-23/h3-14,21H,15-17H2,1-2H3,(H,26,27,28). The Labute approximate surface area is 182 Å². The predicted molar refractivity (Wildman–Crippen MR) is 118 cm³/mol. The number of anilines is 1. The molecule has 1 fully saturated rings. The lowest BCUT2D eigenvalue weighted by atomic mass is 9.93. The lowest BCUT2D eigenvalue weighted by Gasteiger charge is -2.20. The molecular weight excluding hydrogens is 392 g/mol. The van der Waals surface area contributed by atoms with Gasteiger partial charge >= 0.3 is 0 Å². The molecule has 2 unspecified atom stereocenters. The van der Waals surface area contributed by atoms with Gasteiger partial charge < -0.3 is 19.5 Å². The van der Waals surface area contributed by atoms with Gasteiger partial charge in [0.1, 0.15) is 17.3 Å². The van der Waals surface area contributed by atoms with Crippen molar-refractivity contribution in [1.29, 1.82) is 0 Å². The van der Waals surface area contributed by atoms with Gasteiger partial charge in [-0.2, -0.15) is 0 Å². The van der Waals surface area contributed by atoms with Gasteiger partial charge in [-0.3, -0.25) is 4.79 Å². The molecule has 0 radical (unpaired) electrons. The van der Waals surface area contributed by atoms with Gasteiger partial charge in [0.2, 0.25) is 5.91 Å². The monoisotopic (exact) mass is 418 g/mol. The number of methoxy groups -OCH3 is 2. The van der Waals surface area contributed by atoms with Crippen LogP contribution in [-0.4, -0.2) is 31.7 Å². The van der Waals surface area contributed by atoms with E-state index in [2.05, 4.69) is 22.4 Å². The second-order valence-electron chi connectivity index (χ2n) is 7.68. The molecule has 1 N–H and O–H groups in total. The summed E-state index contributed by atoms with van der Waals surface area (Å²) in [6, 6.07) is 21.2. The first-order chi connectivity index (χ1) is 15.2. The third kappa shape index (κ3) is 4.54. The molecule has 1 saturated carbocycles. The quantitative estimate of drug-likeness (QED) is 0.564. The van der Waals surface area contributed by atoms with Crippen LogP contribution in [0.2, 0.25) is 0 Å². The average molecular weight is 418 g/mol. The summed E-state index contributed by atoms with van der Waals surface area (Å²) >= 11 is 0. The van der Waals surface area contributed by atoms with Crippen LogP contribution in [0, 0.1) is 5.92 Å². The first kappa shape index (κ1) is 20.9. The highest BCUT2D eigenvalue weighted by molar-refractivity contribution is 5.95. The molecule has 160 valence electrons. The smallest absolute Gasteiger partial charge is 0.229 e. The van der Waals surface area contributed by atoms with E-state index in [-0.39, 0.29) is 17.2 Å². The van der Waals surface area contributed by atoms with E-state index in [0.717, 1.165) is 29.0 Å². The number of carbonyl (C=O) groups excluding carboxylic acids is 1. The lowest BCUT2D eigenvalue weighted by Crippen LogP contribution is -2.26. The van der Waals surface area contributed by atoms with Crippen LogP contribution in [0.5, 0.6) is 11.5 Å². The number of hydrogen-bond acceptors (Lipinski definition) is 5. The average Bonchev–Trinajstić information content (AvgIpc) is 3.56. The van der Waals surface area contributed by atoms with Crippen molar-refractivity contribution in [1.82, 2.24) is 4.98 Å². The number of rotatable bonds is 9. The maximum absolute atomic E-state index is 13.0. The number of hydrogen-bond donors (Lipinski definition) is 1. The maximum atomic E-state index is 13.0. The molecule has 0 bridgehead atoms. The molecule has 2 aromatic carbocycles. The minimum absolute atomic E-state index is 0.0408. The van der Waals surface area contributed by atoms with Crippen LogP contribution >= 0.6 is 0 Å². The Morgan fingerprint density at radius 1 is 1.10 bits per heavy atom. The number of carbonyl (C=O) groups is 1. The third-order valence-corrected chi connectivity index (χ3v) is 5.70. The van der Waals surface area contributed by atoms with Gasteiger partial charge in [-0.1, -0.05) is 36.4 Å². The lowest BCUT2D eigenvalue weighted by molar-refractivity contribution is -0.117. The minimum Gasteiger partial charge on any atom is -0.496 e. The predicted octanol–water partition coefficient (Wildman–Crippen LogP) is 4.21. The molecule has 6 heteroatoms. The summed E-state index contributed by atoms with van der Waals surface area (Å²) in [5.74, 6) is 1.81. The first-order valence-electron chi connectivity index (χ1n) is 10.2. The topological polar surface area (TPSA) is 69.7 Å². The highest BCUT2D eigenvalue weighted by atomic mass is 16.5. The zero-order valence-corrected chi connectivity index (χ0v) is 17.7. The zero-order chi connectivity index (χ0) is 21.7. The van der Waals surface area contributed by atoms with E-state index >= 15 is 0 Å². The van der Waals surface area contributed by atoms with E-state index in [9.17, 15) is 4.79 Å². The van der Waals surface area contributed by atoms with Gasteiger partial charge in [-0.25, -0.2) is 4.98 Å². The molecule has 0 spiro atoms. The van der Waals surface area contributed by atoms with Crippen LogP contribution in [0.1, 0.15) is 17.5 Å². The number of aromatic nitrogens is 1. The Kier molecular flexibility index (Phi) is 6.18. The van der Waals surface area contributed by atoms with Crippen molar-refractivity contribution < 1.29 is 19.0 Å². The van der Waals surface area contributed by atoms with Gasteiger partial charge in [0.25, 0.3) is 0 Å². The van der Waals surface area contributed by atoms with Gasteiger partial charge in [0.15, 0.2) is 0 Å². The maximum Gasteiger partial charge on any atom is 0.229 e. The normalized spacial score (nSPS) is 19.5. The molecule has 0 aliphatic heterocycles. The summed E-state index contributed by atoms with van der Waals surface area (Å²) in [6.45, 7) is 0.829. The Morgan fingerprint density at radius 3 is 2.61 bits per heavy atom. The van der Waals surface area contributed by atoms with Crippen LogP contribution in [0.3, 0.4) is 0 Å². The van der Waals surface area contributed by atoms with Gasteiger partial charge in [-0.05, 0) is 42.3 Å². The van der Waals surface area contributed by atoms with E-state index < -0.39 is 0 Å². The second-order valence-corrected chi connectivity index (χ2v) is 7.68. The molecule has 1 amide bonds. The molecule has 6 nitrogen and oxygen atoms in total. The van der Waals surface area contributed by atoms with Gasteiger partial charge in [0.05, 0.1) is 26.2 Å². The van der Waals surface area contributed by atoms with E-state index in [1.54, 1.807) is 26.5 Å². The van der Waals surface area contributed by atoms with Crippen molar-refractivity contribution in [3.05, 3.63) is 84.1 Å².